The molecule has 3 heterocycles. The Kier molecular flexibility index (Phi) is 7.57. The molecule has 0 aromatic heterocycles. The molecular formula is C27H35F3N4O3. The average molecular weight is 521 g/mol. The lowest BCUT2D eigenvalue weighted by molar-refractivity contribution is -0.144. The van der Waals surface area contributed by atoms with Gasteiger partial charge in [0.15, 0.2) is 0 Å². The maximum atomic E-state index is 14.0. The van der Waals surface area contributed by atoms with E-state index < -0.39 is 35.8 Å². The predicted molar refractivity (Wildman–Crippen MR) is 132 cm³/mol. The van der Waals surface area contributed by atoms with Crippen LogP contribution in [0.5, 0.6) is 0 Å². The summed E-state index contributed by atoms with van der Waals surface area (Å²) >= 11 is 0. The topological polar surface area (TPSA) is 73.0 Å². The molecule has 7 nitrogen and oxygen atoms in total. The Labute approximate surface area is 215 Å². The quantitative estimate of drug-likeness (QED) is 0.598. The van der Waals surface area contributed by atoms with E-state index in [1.807, 2.05) is 13.8 Å². The summed E-state index contributed by atoms with van der Waals surface area (Å²) < 4.78 is 41.7. The van der Waals surface area contributed by atoms with Crippen molar-refractivity contribution in [3.63, 3.8) is 0 Å². The molecule has 1 fully saturated rings. The summed E-state index contributed by atoms with van der Waals surface area (Å²) in [7, 11) is 0. The zero-order valence-electron chi connectivity index (χ0n) is 21.8. The molecule has 0 saturated carbocycles. The van der Waals surface area contributed by atoms with Crippen LogP contribution in [-0.4, -0.2) is 64.8 Å². The van der Waals surface area contributed by atoms with E-state index in [2.05, 4.69) is 12.2 Å². The van der Waals surface area contributed by atoms with Crippen LogP contribution in [0.1, 0.15) is 64.1 Å². The fraction of sp³-hybridized carbons (Fsp3) is 0.593. The Hall–Kier alpha value is -3.04. The van der Waals surface area contributed by atoms with Gasteiger partial charge in [-0.25, -0.2) is 4.79 Å². The van der Waals surface area contributed by atoms with Crippen LogP contribution in [0.4, 0.5) is 18.0 Å². The van der Waals surface area contributed by atoms with Crippen LogP contribution in [0.3, 0.4) is 0 Å². The largest absolute Gasteiger partial charge is 0.416 e. The molecule has 4 rings (SSSR count). The van der Waals surface area contributed by atoms with Crippen molar-refractivity contribution in [2.75, 3.05) is 26.2 Å². The van der Waals surface area contributed by atoms with Gasteiger partial charge in [0.05, 0.1) is 29.4 Å². The second-order valence-corrected chi connectivity index (χ2v) is 10.7. The molecule has 37 heavy (non-hydrogen) atoms. The Morgan fingerprint density at radius 2 is 1.78 bits per heavy atom. The number of carbonyl (C=O) groups is 3. The van der Waals surface area contributed by atoms with E-state index >= 15 is 0 Å². The lowest BCUT2D eigenvalue weighted by Crippen LogP contribution is -2.52. The van der Waals surface area contributed by atoms with Crippen molar-refractivity contribution < 1.29 is 27.6 Å². The molecule has 1 aromatic rings. The van der Waals surface area contributed by atoms with Crippen molar-refractivity contribution in [3.8, 4) is 0 Å². The maximum absolute atomic E-state index is 14.0. The fourth-order valence-electron chi connectivity index (χ4n) is 5.59. The van der Waals surface area contributed by atoms with Gasteiger partial charge in [-0.05, 0) is 49.7 Å². The number of halogens is 3. The van der Waals surface area contributed by atoms with E-state index in [4.69, 9.17) is 0 Å². The zero-order valence-corrected chi connectivity index (χ0v) is 21.8. The highest BCUT2D eigenvalue weighted by Crippen LogP contribution is 2.42. The zero-order chi connectivity index (χ0) is 27.1. The normalized spacial score (nSPS) is 22.1. The van der Waals surface area contributed by atoms with Gasteiger partial charge in [0.25, 0.3) is 5.91 Å². The predicted octanol–water partition coefficient (Wildman–Crippen LogP) is 4.56. The number of likely N-dealkylation sites (N-methyl/N-ethyl adjacent to an activating group) is 1. The lowest BCUT2D eigenvalue weighted by atomic mass is 9.91. The Balaban J connectivity index is 1.73. The van der Waals surface area contributed by atoms with Gasteiger partial charge in [0.2, 0.25) is 5.91 Å². The molecule has 1 N–H and O–H groups in total. The van der Waals surface area contributed by atoms with E-state index in [1.54, 1.807) is 11.8 Å². The van der Waals surface area contributed by atoms with Crippen molar-refractivity contribution in [3.05, 3.63) is 46.7 Å². The standard InChI is InChI=1S/C27H35F3N4O3/c1-5-33-21-15-34(20(14-16(2)3)24(35)32-12-10-17(4)11-13-32)25(36)22(21)23(31-26(33)37)18-8-6-7-9-19(18)27(28,29)30/h6-9,16-17,20,23H,5,10-15H2,1-4H3,(H,31,37). The van der Waals surface area contributed by atoms with Crippen LogP contribution >= 0.6 is 0 Å². The van der Waals surface area contributed by atoms with E-state index in [1.165, 1.54) is 28.0 Å². The molecule has 0 aliphatic carbocycles. The molecule has 3 aliphatic heterocycles. The molecule has 2 unspecified atom stereocenters. The summed E-state index contributed by atoms with van der Waals surface area (Å²) in [6, 6.07) is 2.42. The summed E-state index contributed by atoms with van der Waals surface area (Å²) in [5.41, 5.74) is -0.613. The second kappa shape index (κ2) is 10.4. The number of amides is 4. The van der Waals surface area contributed by atoms with Gasteiger partial charge >= 0.3 is 12.2 Å². The van der Waals surface area contributed by atoms with Crippen molar-refractivity contribution in [1.29, 1.82) is 0 Å². The summed E-state index contributed by atoms with van der Waals surface area (Å²) in [5, 5.41) is 2.63. The maximum Gasteiger partial charge on any atom is 0.416 e. The van der Waals surface area contributed by atoms with Gasteiger partial charge in [0.1, 0.15) is 6.04 Å². The molecular weight excluding hydrogens is 485 g/mol. The van der Waals surface area contributed by atoms with Crippen LogP contribution in [0, 0.1) is 11.8 Å². The first kappa shape index (κ1) is 27.0. The van der Waals surface area contributed by atoms with Crippen LogP contribution in [0.2, 0.25) is 0 Å². The Bertz CT molecular complexity index is 1090. The average Bonchev–Trinajstić information content (AvgIpc) is 3.18. The molecule has 202 valence electrons. The highest BCUT2D eigenvalue weighted by atomic mass is 19.4. The van der Waals surface area contributed by atoms with Crippen LogP contribution in [0.15, 0.2) is 35.5 Å². The molecule has 4 amide bonds. The summed E-state index contributed by atoms with van der Waals surface area (Å²) in [4.78, 5) is 45.3. The molecule has 0 radical (unpaired) electrons. The third-order valence-corrected chi connectivity index (χ3v) is 7.59. The number of hydrogen-bond acceptors (Lipinski definition) is 3. The summed E-state index contributed by atoms with van der Waals surface area (Å²) in [6.45, 7) is 9.32. The first-order chi connectivity index (χ1) is 17.4. The first-order valence-electron chi connectivity index (χ1n) is 13.0. The number of urea groups is 1. The van der Waals surface area contributed by atoms with Crippen LogP contribution in [0.25, 0.3) is 0 Å². The van der Waals surface area contributed by atoms with E-state index in [-0.39, 0.29) is 36.1 Å². The number of likely N-dealkylation sites (tertiary alicyclic amines) is 1. The minimum Gasteiger partial charge on any atom is -0.341 e. The molecule has 1 saturated heterocycles. The molecule has 3 aliphatic rings. The SMILES string of the molecule is CCN1C(=O)NC(c2ccccc2C(F)(F)F)C2=C1CN(C(CC(C)C)C(=O)N1CCC(C)CC1)C2=O. The van der Waals surface area contributed by atoms with Gasteiger partial charge < -0.3 is 15.1 Å². The third-order valence-electron chi connectivity index (χ3n) is 7.59. The molecule has 0 bridgehead atoms. The number of rotatable bonds is 6. The van der Waals surface area contributed by atoms with E-state index in [9.17, 15) is 27.6 Å². The summed E-state index contributed by atoms with van der Waals surface area (Å²) in [6.07, 6.45) is -2.45. The Morgan fingerprint density at radius 3 is 2.38 bits per heavy atom. The number of hydrogen-bond donors (Lipinski definition) is 1. The van der Waals surface area contributed by atoms with Crippen molar-refractivity contribution in [1.82, 2.24) is 20.0 Å². The highest BCUT2D eigenvalue weighted by Gasteiger charge is 2.49. The van der Waals surface area contributed by atoms with Crippen molar-refractivity contribution in [2.24, 2.45) is 11.8 Å². The molecule has 10 heteroatoms. The smallest absolute Gasteiger partial charge is 0.341 e. The number of piperidine rings is 1. The number of alkyl halides is 3. The van der Waals surface area contributed by atoms with E-state index in [0.29, 0.717) is 31.1 Å². The lowest BCUT2D eigenvalue weighted by Gasteiger charge is -2.37. The fourth-order valence-corrected chi connectivity index (χ4v) is 5.59. The van der Waals surface area contributed by atoms with Crippen molar-refractivity contribution in [2.45, 2.75) is 65.2 Å². The van der Waals surface area contributed by atoms with Gasteiger partial charge in [0, 0.05) is 19.6 Å². The van der Waals surface area contributed by atoms with Crippen molar-refractivity contribution >= 4 is 17.8 Å². The monoisotopic (exact) mass is 520 g/mol. The molecule has 0 spiro atoms. The number of nitrogens with zero attached hydrogens (tertiary/aromatic N) is 3. The minimum absolute atomic E-state index is 0.00742. The third kappa shape index (κ3) is 5.20. The number of benzene rings is 1. The second-order valence-electron chi connectivity index (χ2n) is 10.7. The number of carbonyl (C=O) groups excluding carboxylic acids is 3. The first-order valence-corrected chi connectivity index (χ1v) is 13.0. The van der Waals surface area contributed by atoms with Gasteiger partial charge in [-0.15, -0.1) is 0 Å². The van der Waals surface area contributed by atoms with Crippen LogP contribution < -0.4 is 5.32 Å². The number of nitrogens with one attached hydrogen (secondary N) is 1. The summed E-state index contributed by atoms with van der Waals surface area (Å²) in [5.74, 6) is -0.00489. The van der Waals surface area contributed by atoms with Gasteiger partial charge in [-0.3, -0.25) is 14.5 Å². The molecule has 1 aromatic carbocycles. The van der Waals surface area contributed by atoms with Gasteiger partial charge in [-0.1, -0.05) is 39.0 Å². The Morgan fingerprint density at radius 1 is 1.14 bits per heavy atom. The minimum atomic E-state index is -4.66. The van der Waals surface area contributed by atoms with E-state index in [0.717, 1.165) is 18.9 Å². The molecule has 2 atom stereocenters. The highest BCUT2D eigenvalue weighted by molar-refractivity contribution is 6.03. The van der Waals surface area contributed by atoms with Gasteiger partial charge in [-0.2, -0.15) is 13.2 Å². The van der Waals surface area contributed by atoms with Crippen LogP contribution in [-0.2, 0) is 15.8 Å².